The average molecular weight is 271 g/mol. The summed E-state index contributed by atoms with van der Waals surface area (Å²) >= 11 is 0. The molecule has 0 bridgehead atoms. The van der Waals surface area contributed by atoms with E-state index in [1.807, 2.05) is 4.90 Å². The van der Waals surface area contributed by atoms with Gasteiger partial charge in [-0.3, -0.25) is 4.79 Å². The average Bonchev–Trinajstić information content (AvgIpc) is 2.88. The zero-order valence-corrected chi connectivity index (χ0v) is 11.9. The zero-order valence-electron chi connectivity index (χ0n) is 11.9. The number of rotatable bonds is 8. The summed E-state index contributed by atoms with van der Waals surface area (Å²) in [7, 11) is 0. The fourth-order valence-corrected chi connectivity index (χ4v) is 2.23. The van der Waals surface area contributed by atoms with E-state index in [0.717, 1.165) is 38.8 Å². The molecule has 1 amide bonds. The molecule has 0 radical (unpaired) electrons. The number of amides is 1. The van der Waals surface area contributed by atoms with Crippen LogP contribution in [-0.4, -0.2) is 47.2 Å². The zero-order chi connectivity index (χ0) is 14.3. The lowest BCUT2D eigenvalue weighted by Crippen LogP contribution is -2.40. The lowest BCUT2D eigenvalue weighted by molar-refractivity contribution is -0.154. The minimum Gasteiger partial charge on any atom is -0.479 e. The first-order valence-corrected chi connectivity index (χ1v) is 7.27. The molecule has 1 fully saturated rings. The molecule has 5 nitrogen and oxygen atoms in total. The number of carbonyl (C=O) groups is 2. The summed E-state index contributed by atoms with van der Waals surface area (Å²) in [6.45, 7) is 5.67. The molecular formula is C14H25NO4. The van der Waals surface area contributed by atoms with Gasteiger partial charge >= 0.3 is 5.97 Å². The van der Waals surface area contributed by atoms with Crippen molar-refractivity contribution in [3.8, 4) is 0 Å². The normalized spacial score (nSPS) is 22.4. The minimum atomic E-state index is -0.969. The second-order valence-corrected chi connectivity index (χ2v) is 5.06. The minimum absolute atomic E-state index is 0.0364. The van der Waals surface area contributed by atoms with Crippen LogP contribution in [0, 0.1) is 0 Å². The topological polar surface area (TPSA) is 66.8 Å². The molecule has 1 N–H and O–H groups in total. The van der Waals surface area contributed by atoms with Gasteiger partial charge in [-0.2, -0.15) is 0 Å². The number of aliphatic carboxylic acids is 1. The van der Waals surface area contributed by atoms with Crippen molar-refractivity contribution in [3.05, 3.63) is 0 Å². The van der Waals surface area contributed by atoms with Crippen LogP contribution in [0.5, 0.6) is 0 Å². The van der Waals surface area contributed by atoms with Crippen molar-refractivity contribution in [3.63, 3.8) is 0 Å². The Morgan fingerprint density at radius 3 is 2.05 bits per heavy atom. The van der Waals surface area contributed by atoms with Crippen molar-refractivity contribution in [2.45, 2.75) is 64.6 Å². The summed E-state index contributed by atoms with van der Waals surface area (Å²) in [5.41, 5.74) is 0. The van der Waals surface area contributed by atoms with Gasteiger partial charge in [-0.1, -0.05) is 26.7 Å². The van der Waals surface area contributed by atoms with E-state index in [1.165, 1.54) is 0 Å². The van der Waals surface area contributed by atoms with Crippen molar-refractivity contribution < 1.29 is 19.4 Å². The van der Waals surface area contributed by atoms with E-state index in [1.54, 1.807) is 0 Å². The highest BCUT2D eigenvalue weighted by atomic mass is 16.5. The third-order valence-electron chi connectivity index (χ3n) is 3.45. The molecule has 2 unspecified atom stereocenters. The summed E-state index contributed by atoms with van der Waals surface area (Å²) in [6, 6.07) is 0. The first-order valence-electron chi connectivity index (χ1n) is 7.27. The van der Waals surface area contributed by atoms with E-state index < -0.39 is 18.2 Å². The number of hydrogen-bond acceptors (Lipinski definition) is 3. The van der Waals surface area contributed by atoms with Gasteiger partial charge in [0.1, 0.15) is 6.10 Å². The van der Waals surface area contributed by atoms with Crippen LogP contribution in [0.15, 0.2) is 0 Å². The molecule has 0 saturated carbocycles. The maximum Gasteiger partial charge on any atom is 0.332 e. The first kappa shape index (κ1) is 16.0. The van der Waals surface area contributed by atoms with Crippen molar-refractivity contribution >= 4 is 11.9 Å². The highest BCUT2D eigenvalue weighted by molar-refractivity contribution is 5.82. The van der Waals surface area contributed by atoms with E-state index in [2.05, 4.69) is 13.8 Å². The van der Waals surface area contributed by atoms with Crippen LogP contribution in [0.4, 0.5) is 0 Å². The van der Waals surface area contributed by atoms with E-state index in [9.17, 15) is 9.59 Å². The number of carboxylic acid groups (broad SMARTS) is 1. The van der Waals surface area contributed by atoms with Crippen molar-refractivity contribution in [2.24, 2.45) is 0 Å². The smallest absolute Gasteiger partial charge is 0.332 e. The maximum absolute atomic E-state index is 12.3. The molecular weight excluding hydrogens is 246 g/mol. The molecule has 19 heavy (non-hydrogen) atoms. The predicted octanol–water partition coefficient (Wildman–Crippen LogP) is 2.05. The van der Waals surface area contributed by atoms with Gasteiger partial charge in [0.15, 0.2) is 6.10 Å². The predicted molar refractivity (Wildman–Crippen MR) is 71.9 cm³/mol. The summed E-state index contributed by atoms with van der Waals surface area (Å²) in [6.07, 6.45) is 3.61. The molecule has 0 aromatic heterocycles. The molecule has 0 aromatic carbocycles. The summed E-state index contributed by atoms with van der Waals surface area (Å²) in [4.78, 5) is 25.0. The molecule has 0 aliphatic carbocycles. The Labute approximate surface area is 114 Å². The number of unbranched alkanes of at least 4 members (excludes halogenated alkanes) is 2. The van der Waals surface area contributed by atoms with Crippen LogP contribution in [0.3, 0.4) is 0 Å². The van der Waals surface area contributed by atoms with Crippen LogP contribution in [-0.2, 0) is 14.3 Å². The third kappa shape index (κ3) is 4.82. The second kappa shape index (κ2) is 8.15. The molecule has 110 valence electrons. The summed E-state index contributed by atoms with van der Waals surface area (Å²) < 4.78 is 5.33. The molecule has 1 aliphatic rings. The number of ether oxygens (including phenoxy) is 1. The molecule has 0 aromatic rings. The lowest BCUT2D eigenvalue weighted by atomic mass is 10.1. The Morgan fingerprint density at radius 1 is 1.11 bits per heavy atom. The fraction of sp³-hybridized carbons (Fsp3) is 0.857. The van der Waals surface area contributed by atoms with E-state index in [4.69, 9.17) is 9.84 Å². The summed E-state index contributed by atoms with van der Waals surface area (Å²) in [5, 5.41) is 8.88. The Hall–Kier alpha value is -1.10. The van der Waals surface area contributed by atoms with Crippen LogP contribution < -0.4 is 0 Å². The monoisotopic (exact) mass is 271 g/mol. The van der Waals surface area contributed by atoms with Crippen LogP contribution >= 0.6 is 0 Å². The Morgan fingerprint density at radius 2 is 1.63 bits per heavy atom. The molecule has 1 saturated heterocycles. The van der Waals surface area contributed by atoms with Gasteiger partial charge < -0.3 is 14.7 Å². The SMILES string of the molecule is CCCCN(CCCC)C(=O)C1CCC(C(=O)O)O1. The number of nitrogens with zero attached hydrogens (tertiary/aromatic N) is 1. The largest absolute Gasteiger partial charge is 0.479 e. The number of hydrogen-bond donors (Lipinski definition) is 1. The van der Waals surface area contributed by atoms with Crippen LogP contribution in [0.1, 0.15) is 52.4 Å². The molecule has 2 atom stereocenters. The second-order valence-electron chi connectivity index (χ2n) is 5.06. The van der Waals surface area contributed by atoms with Crippen molar-refractivity contribution in [1.82, 2.24) is 4.90 Å². The molecule has 0 spiro atoms. The Bertz CT molecular complexity index is 298. The number of carbonyl (C=O) groups excluding carboxylic acids is 1. The standard InChI is InChI=1S/C14H25NO4/c1-3-5-9-15(10-6-4-2)13(16)11-7-8-12(19-11)14(17)18/h11-12H,3-10H2,1-2H3,(H,17,18). The first-order chi connectivity index (χ1) is 9.10. The maximum atomic E-state index is 12.3. The Kier molecular flexibility index (Phi) is 6.84. The van der Waals surface area contributed by atoms with Crippen molar-refractivity contribution in [1.29, 1.82) is 0 Å². The molecule has 1 heterocycles. The van der Waals surface area contributed by atoms with Gasteiger partial charge in [0.25, 0.3) is 5.91 Å². The van der Waals surface area contributed by atoms with Gasteiger partial charge in [-0.15, -0.1) is 0 Å². The van der Waals surface area contributed by atoms with Crippen LogP contribution in [0.25, 0.3) is 0 Å². The quantitative estimate of drug-likeness (QED) is 0.733. The summed E-state index contributed by atoms with van der Waals surface area (Å²) in [5.74, 6) is -1.00. The molecule has 1 aliphatic heterocycles. The third-order valence-corrected chi connectivity index (χ3v) is 3.45. The van der Waals surface area contributed by atoms with Gasteiger partial charge in [0, 0.05) is 13.1 Å². The van der Waals surface area contributed by atoms with Gasteiger partial charge in [-0.25, -0.2) is 4.79 Å². The fourth-order valence-electron chi connectivity index (χ4n) is 2.23. The van der Waals surface area contributed by atoms with Gasteiger partial charge in [0.05, 0.1) is 0 Å². The number of carboxylic acids is 1. The van der Waals surface area contributed by atoms with Gasteiger partial charge in [-0.05, 0) is 25.7 Å². The Balaban J connectivity index is 2.53. The van der Waals surface area contributed by atoms with E-state index >= 15 is 0 Å². The van der Waals surface area contributed by atoms with E-state index in [0.29, 0.717) is 12.8 Å². The highest BCUT2D eigenvalue weighted by Crippen LogP contribution is 2.22. The van der Waals surface area contributed by atoms with Crippen molar-refractivity contribution in [2.75, 3.05) is 13.1 Å². The highest BCUT2D eigenvalue weighted by Gasteiger charge is 2.36. The molecule has 1 rings (SSSR count). The lowest BCUT2D eigenvalue weighted by Gasteiger charge is -2.25. The van der Waals surface area contributed by atoms with E-state index in [-0.39, 0.29) is 5.91 Å². The molecule has 5 heteroatoms. The van der Waals surface area contributed by atoms with Crippen LogP contribution in [0.2, 0.25) is 0 Å². The van der Waals surface area contributed by atoms with Gasteiger partial charge in [0.2, 0.25) is 0 Å².